The molecule has 1 aromatic carbocycles. The molecule has 23 nitrogen and oxygen atoms in total. The maximum atomic E-state index is 15.4. The molecule has 11 amide bonds. The SMILES string of the molecule is CC[C@H](C)[C@@H]1NC(=O)[C@H](CC(C)C)N(C)C(=O)C[C@@H](CC(=O)N2CCCCC2)N(C)C(=O)[C@H](C(C)C)N(C)CC2(CCCC2)NC(=O)[C@@H]2CCCN2C(=O)[C@H](CCc2ccc(C(F)(F)F)c(Cl)c2)NC(=O)CN(C)C(=O)[C@H](C2CCCC2)N(C)C(=O)[C@@H]2CCN2C(=O)[C@H](C)N(C)C1=O. The topological polar surface area (TPSA) is 253 Å². The number of fused-ring (bicyclic) bond motifs is 2. The lowest BCUT2D eigenvalue weighted by Crippen LogP contribution is -2.65. The summed E-state index contributed by atoms with van der Waals surface area (Å²) in [7, 11) is 9.26. The van der Waals surface area contributed by atoms with Gasteiger partial charge in [-0.3, -0.25) is 57.6 Å². The molecule has 4 saturated heterocycles. The van der Waals surface area contributed by atoms with Gasteiger partial charge in [0.2, 0.25) is 65.0 Å². The van der Waals surface area contributed by atoms with Gasteiger partial charge in [0.1, 0.15) is 42.3 Å². The largest absolute Gasteiger partial charge is 0.417 e. The Bertz CT molecular complexity index is 3050. The lowest BCUT2D eigenvalue weighted by Gasteiger charge is -2.45. The van der Waals surface area contributed by atoms with E-state index in [4.69, 9.17) is 11.6 Å². The van der Waals surface area contributed by atoms with Crippen LogP contribution in [0.5, 0.6) is 0 Å². The van der Waals surface area contributed by atoms with Crippen LogP contribution in [0.2, 0.25) is 5.02 Å². The molecule has 1 aromatic rings. The number of alkyl halides is 3. The standard InChI is InChI=1S/C71H110ClF3N12O11/c1-14-45(6)59-67(96)81(10)46(7)64(93)87-36-30-54(87)66(95)84(13)61(48-23-16-17-24-48)68(97)79(8)41-56(88)76-52(29-27-47-26-28-50(51(72)38-47)71(73,74)75)65(94)86-35-22-25-53(86)63(92)78-70(31-18-19-32-70)42-80(9)60(44(4)5)69(98)82(11)49(40-58(90)85-33-20-15-21-34-85)39-57(89)83(12)55(37-43(2)3)62(91)77-59/h26,28,38,43-46,48-49,52-55,59-61H,14-25,27,29-37,39-42H2,1-13H3,(H,76,88)(H,77,91)(H,78,92)/t45-,46-,49-,52-,53-,54-,55-,59-,60-,61-/m0/s1. The Morgan fingerprint density at radius 2 is 1.32 bits per heavy atom. The maximum absolute atomic E-state index is 15.4. The van der Waals surface area contributed by atoms with Crippen LogP contribution in [0.4, 0.5) is 13.2 Å². The van der Waals surface area contributed by atoms with Crippen LogP contribution in [0, 0.1) is 23.7 Å². The van der Waals surface area contributed by atoms with Gasteiger partial charge in [-0.25, -0.2) is 0 Å². The normalized spacial score (nSPS) is 28.2. The van der Waals surface area contributed by atoms with E-state index in [1.165, 1.54) is 75.5 Å². The Balaban J connectivity index is 1.26. The number of hydrogen-bond acceptors (Lipinski definition) is 12. The van der Waals surface area contributed by atoms with Gasteiger partial charge in [0.05, 0.1) is 28.7 Å². The molecule has 0 radical (unpaired) electrons. The minimum atomic E-state index is -4.73. The Morgan fingerprint density at radius 1 is 0.673 bits per heavy atom. The number of carbonyl (C=O) groups excluding carboxylic acids is 11. The molecule has 2 saturated carbocycles. The van der Waals surface area contributed by atoms with Crippen molar-refractivity contribution in [3.05, 3.63) is 34.3 Å². The Kier molecular flexibility index (Phi) is 27.5. The number of benzene rings is 1. The first-order valence-electron chi connectivity index (χ1n) is 35.8. The van der Waals surface area contributed by atoms with Gasteiger partial charge in [-0.2, -0.15) is 13.2 Å². The van der Waals surface area contributed by atoms with Crippen molar-refractivity contribution in [3.8, 4) is 0 Å². The molecule has 1 spiro atoms. The van der Waals surface area contributed by atoms with E-state index in [1.54, 1.807) is 25.9 Å². The van der Waals surface area contributed by atoms with E-state index >= 15 is 19.2 Å². The van der Waals surface area contributed by atoms with Crippen LogP contribution in [-0.2, 0) is 65.3 Å². The van der Waals surface area contributed by atoms with Crippen molar-refractivity contribution in [1.29, 1.82) is 0 Å². The van der Waals surface area contributed by atoms with E-state index < -0.39 is 142 Å². The number of hydrogen-bond donors (Lipinski definition) is 3. The van der Waals surface area contributed by atoms with Crippen LogP contribution in [0.3, 0.4) is 0 Å². The van der Waals surface area contributed by atoms with E-state index in [0.29, 0.717) is 57.2 Å². The fraction of sp³-hybridized carbons (Fsp3) is 0.761. The number of piperidine rings is 1. The number of likely N-dealkylation sites (N-methyl/N-ethyl adjacent to an activating group) is 6. The van der Waals surface area contributed by atoms with Crippen LogP contribution in [-0.4, -0.2) is 251 Å². The van der Waals surface area contributed by atoms with Crippen molar-refractivity contribution in [3.63, 3.8) is 0 Å². The predicted octanol–water partition coefficient (Wildman–Crippen LogP) is 6.11. The Morgan fingerprint density at radius 3 is 1.90 bits per heavy atom. The molecule has 4 heterocycles. The van der Waals surface area contributed by atoms with E-state index in [9.17, 15) is 46.7 Å². The highest BCUT2D eigenvalue weighted by Gasteiger charge is 2.49. The number of likely N-dealkylation sites (tertiary alicyclic amines) is 1. The number of carbonyl (C=O) groups is 11. The first-order chi connectivity index (χ1) is 46.1. The summed E-state index contributed by atoms with van der Waals surface area (Å²) in [5.74, 6) is -7.01. The molecule has 548 valence electrons. The van der Waals surface area contributed by atoms with Gasteiger partial charge in [0.25, 0.3) is 0 Å². The highest BCUT2D eigenvalue weighted by molar-refractivity contribution is 6.31. The summed E-state index contributed by atoms with van der Waals surface area (Å²) in [4.78, 5) is 176. The summed E-state index contributed by atoms with van der Waals surface area (Å²) in [5.41, 5.74) is -1.59. The summed E-state index contributed by atoms with van der Waals surface area (Å²) in [6.45, 7) is 13.8. The zero-order chi connectivity index (χ0) is 72.4. The van der Waals surface area contributed by atoms with Crippen LogP contribution in [0.1, 0.15) is 182 Å². The van der Waals surface area contributed by atoms with Gasteiger partial charge < -0.3 is 55.1 Å². The van der Waals surface area contributed by atoms with Crippen LogP contribution in [0.25, 0.3) is 0 Å². The summed E-state index contributed by atoms with van der Waals surface area (Å²) < 4.78 is 41.5. The lowest BCUT2D eigenvalue weighted by molar-refractivity contribution is -0.161. The van der Waals surface area contributed by atoms with Crippen molar-refractivity contribution in [2.24, 2.45) is 23.7 Å². The monoisotopic (exact) mass is 1400 g/mol. The molecule has 0 aromatic heterocycles. The third-order valence-electron chi connectivity index (χ3n) is 21.9. The molecule has 7 rings (SSSR count). The van der Waals surface area contributed by atoms with Crippen LogP contribution >= 0.6 is 11.6 Å². The molecule has 98 heavy (non-hydrogen) atoms. The third-order valence-corrected chi connectivity index (χ3v) is 22.3. The molecule has 2 aliphatic carbocycles. The average Bonchev–Trinajstić information content (AvgIpc) is 1.13. The number of halogens is 4. The molecule has 6 aliphatic rings. The van der Waals surface area contributed by atoms with Crippen molar-refractivity contribution in [1.82, 2.24) is 60.0 Å². The lowest BCUT2D eigenvalue weighted by atomic mass is 9.92. The second-order valence-corrected chi connectivity index (χ2v) is 30.2. The van der Waals surface area contributed by atoms with Crippen molar-refractivity contribution in [2.75, 3.05) is 81.6 Å². The van der Waals surface area contributed by atoms with Gasteiger partial charge in [-0.1, -0.05) is 91.3 Å². The number of nitrogens with one attached hydrogen (secondary N) is 3. The average molecular weight is 1400 g/mol. The predicted molar refractivity (Wildman–Crippen MR) is 364 cm³/mol. The Labute approximate surface area is 582 Å². The first-order valence-corrected chi connectivity index (χ1v) is 36.2. The highest BCUT2D eigenvalue weighted by Crippen LogP contribution is 2.38. The van der Waals surface area contributed by atoms with Crippen LogP contribution < -0.4 is 16.0 Å². The quantitative estimate of drug-likeness (QED) is 0.227. The molecule has 10 atom stereocenters. The van der Waals surface area contributed by atoms with Crippen LogP contribution in [0.15, 0.2) is 18.2 Å². The molecule has 0 bridgehead atoms. The summed E-state index contributed by atoms with van der Waals surface area (Å²) >= 11 is 6.16. The second-order valence-electron chi connectivity index (χ2n) is 29.8. The maximum Gasteiger partial charge on any atom is 0.417 e. The summed E-state index contributed by atoms with van der Waals surface area (Å²) in [6, 6.07) is -6.41. The fourth-order valence-corrected chi connectivity index (χ4v) is 16.0. The minimum absolute atomic E-state index is 0.0322. The summed E-state index contributed by atoms with van der Waals surface area (Å²) in [5, 5.41) is 8.57. The Hall–Kier alpha value is -6.57. The van der Waals surface area contributed by atoms with Crippen molar-refractivity contribution < 1.29 is 65.9 Å². The highest BCUT2D eigenvalue weighted by atomic mass is 35.5. The second kappa shape index (κ2) is 34.2. The molecule has 27 heteroatoms. The smallest absolute Gasteiger partial charge is 0.348 e. The number of aryl methyl sites for hydroxylation is 1. The number of amides is 11. The molecule has 4 aliphatic heterocycles. The molecular weight excluding hydrogens is 1290 g/mol. The summed E-state index contributed by atoms with van der Waals surface area (Å²) in [6.07, 6.45) is 3.99. The van der Waals surface area contributed by atoms with Gasteiger partial charge in [-0.05, 0) is 139 Å². The fourth-order valence-electron chi connectivity index (χ4n) is 15.7. The van der Waals surface area contributed by atoms with Crippen molar-refractivity contribution in [2.45, 2.75) is 243 Å². The number of rotatable bonds is 11. The first kappa shape index (κ1) is 78.8. The van der Waals surface area contributed by atoms with E-state index in [1.807, 2.05) is 39.5 Å². The van der Waals surface area contributed by atoms with E-state index in [-0.39, 0.29) is 94.1 Å². The minimum Gasteiger partial charge on any atom is -0.348 e. The zero-order valence-corrected chi connectivity index (χ0v) is 60.9. The van der Waals surface area contributed by atoms with Gasteiger partial charge >= 0.3 is 6.18 Å². The molecule has 3 N–H and O–H groups in total. The van der Waals surface area contributed by atoms with Gasteiger partial charge in [0, 0.05) is 86.8 Å². The number of nitrogens with zero attached hydrogens (tertiary/aromatic N) is 9. The van der Waals surface area contributed by atoms with Crippen molar-refractivity contribution >= 4 is 76.6 Å². The van der Waals surface area contributed by atoms with E-state index in [2.05, 4.69) is 16.0 Å². The van der Waals surface area contributed by atoms with E-state index in [0.717, 1.165) is 57.1 Å². The molecule has 6 fully saturated rings. The van der Waals surface area contributed by atoms with Gasteiger partial charge in [0.15, 0.2) is 0 Å². The third kappa shape index (κ3) is 18.9. The molecule has 0 unspecified atom stereocenters. The molecular formula is C71H110ClF3N12O11. The zero-order valence-electron chi connectivity index (χ0n) is 60.1. The van der Waals surface area contributed by atoms with Gasteiger partial charge in [-0.15, -0.1) is 0 Å².